The topological polar surface area (TPSA) is 17.1 Å². The molecule has 0 aromatic heterocycles. The van der Waals surface area contributed by atoms with E-state index in [1.165, 1.54) is 11.8 Å². The Bertz CT molecular complexity index is 208. The van der Waals surface area contributed by atoms with Gasteiger partial charge in [0.05, 0.1) is 0 Å². The molecule has 0 amide bonds. The van der Waals surface area contributed by atoms with E-state index in [0.29, 0.717) is 5.25 Å². The van der Waals surface area contributed by atoms with Crippen LogP contribution < -0.4 is 0 Å². The molecule has 1 aliphatic rings. The van der Waals surface area contributed by atoms with Crippen LogP contribution >= 0.6 is 24.4 Å². The minimum atomic E-state index is 0.226. The molecule has 0 N–H and O–H groups in total. The number of hydrogen-bond donors (Lipinski definition) is 1. The first kappa shape index (κ1) is 9.20. The SMILES string of the molecule is CC/C(S)=C1\CC(C)SC1=O. The predicted octanol–water partition coefficient (Wildman–Crippen LogP) is 2.63. The molecule has 1 aliphatic heterocycles. The number of thiol groups is 1. The van der Waals surface area contributed by atoms with Gasteiger partial charge in [0.25, 0.3) is 0 Å². The second-order valence-electron chi connectivity index (χ2n) is 2.70. The summed E-state index contributed by atoms with van der Waals surface area (Å²) in [5.74, 6) is 0. The van der Waals surface area contributed by atoms with E-state index < -0.39 is 0 Å². The maximum atomic E-state index is 11.2. The van der Waals surface area contributed by atoms with Crippen molar-refractivity contribution in [3.05, 3.63) is 10.5 Å². The van der Waals surface area contributed by atoms with Gasteiger partial charge in [-0.3, -0.25) is 4.79 Å². The Hall–Kier alpha value is 0.110. The number of allylic oxidation sites excluding steroid dienone is 1. The van der Waals surface area contributed by atoms with Crippen LogP contribution in [0.2, 0.25) is 0 Å². The third-order valence-corrected chi connectivity index (χ3v) is 3.35. The Morgan fingerprint density at radius 1 is 1.82 bits per heavy atom. The quantitative estimate of drug-likeness (QED) is 0.503. The van der Waals surface area contributed by atoms with Crippen LogP contribution in [0, 0.1) is 0 Å². The Morgan fingerprint density at radius 3 is 2.82 bits per heavy atom. The number of carbonyl (C=O) groups excluding carboxylic acids is 1. The standard InChI is InChI=1S/C8H12OS2/c1-3-7(10)6-4-5(2)11-8(6)9/h5,10H,3-4H2,1-2H3/b7-6-. The molecule has 0 aromatic rings. The molecule has 1 nitrogen and oxygen atoms in total. The molecule has 62 valence electrons. The summed E-state index contributed by atoms with van der Waals surface area (Å²) in [5.41, 5.74) is 0.938. The van der Waals surface area contributed by atoms with E-state index in [0.717, 1.165) is 23.3 Å². The van der Waals surface area contributed by atoms with Gasteiger partial charge in [0, 0.05) is 10.8 Å². The van der Waals surface area contributed by atoms with Gasteiger partial charge >= 0.3 is 0 Å². The van der Waals surface area contributed by atoms with Gasteiger partial charge < -0.3 is 0 Å². The highest BCUT2D eigenvalue weighted by molar-refractivity contribution is 8.15. The summed E-state index contributed by atoms with van der Waals surface area (Å²) in [6.45, 7) is 4.10. The molecule has 0 saturated carbocycles. The largest absolute Gasteiger partial charge is 0.282 e. The highest BCUT2D eigenvalue weighted by Gasteiger charge is 2.26. The monoisotopic (exact) mass is 188 g/mol. The van der Waals surface area contributed by atoms with Crippen molar-refractivity contribution in [1.29, 1.82) is 0 Å². The smallest absolute Gasteiger partial charge is 0.216 e. The van der Waals surface area contributed by atoms with Crippen molar-refractivity contribution >= 4 is 29.5 Å². The van der Waals surface area contributed by atoms with Crippen LogP contribution in [0.3, 0.4) is 0 Å². The molecule has 0 radical (unpaired) electrons. The van der Waals surface area contributed by atoms with Crippen molar-refractivity contribution in [2.45, 2.75) is 31.9 Å². The van der Waals surface area contributed by atoms with Gasteiger partial charge in [0.15, 0.2) is 0 Å². The fraction of sp³-hybridized carbons (Fsp3) is 0.625. The van der Waals surface area contributed by atoms with Crippen LogP contribution in [-0.4, -0.2) is 10.4 Å². The molecule has 0 aliphatic carbocycles. The zero-order chi connectivity index (χ0) is 8.43. The first-order chi connectivity index (χ1) is 5.15. The lowest BCUT2D eigenvalue weighted by Crippen LogP contribution is -1.90. The van der Waals surface area contributed by atoms with Gasteiger partial charge in [-0.2, -0.15) is 0 Å². The maximum Gasteiger partial charge on any atom is 0.216 e. The average Bonchev–Trinajstić information content (AvgIpc) is 2.28. The number of rotatable bonds is 1. The second kappa shape index (κ2) is 3.68. The Balaban J connectivity index is 2.82. The van der Waals surface area contributed by atoms with Crippen molar-refractivity contribution in [2.24, 2.45) is 0 Å². The fourth-order valence-electron chi connectivity index (χ4n) is 1.12. The Kier molecular flexibility index (Phi) is 3.07. The number of carbonyl (C=O) groups is 1. The van der Waals surface area contributed by atoms with Gasteiger partial charge in [-0.05, 0) is 17.7 Å². The molecule has 1 unspecified atom stereocenters. The third-order valence-electron chi connectivity index (χ3n) is 1.73. The summed E-state index contributed by atoms with van der Waals surface area (Å²) < 4.78 is 0. The van der Waals surface area contributed by atoms with Crippen molar-refractivity contribution in [3.63, 3.8) is 0 Å². The van der Waals surface area contributed by atoms with Gasteiger partial charge in [0.2, 0.25) is 5.12 Å². The number of hydrogen-bond acceptors (Lipinski definition) is 3. The summed E-state index contributed by atoms with van der Waals surface area (Å²) in [7, 11) is 0. The summed E-state index contributed by atoms with van der Waals surface area (Å²) in [6.07, 6.45) is 1.77. The van der Waals surface area contributed by atoms with Crippen molar-refractivity contribution in [2.75, 3.05) is 0 Å². The first-order valence-electron chi connectivity index (χ1n) is 3.77. The normalized spacial score (nSPS) is 29.4. The Labute approximate surface area is 77.0 Å². The van der Waals surface area contributed by atoms with E-state index in [-0.39, 0.29) is 5.12 Å². The van der Waals surface area contributed by atoms with Crippen molar-refractivity contribution in [1.82, 2.24) is 0 Å². The van der Waals surface area contributed by atoms with E-state index in [1.807, 2.05) is 6.92 Å². The van der Waals surface area contributed by atoms with Crippen LogP contribution in [0.4, 0.5) is 0 Å². The molecular formula is C8H12OS2. The lowest BCUT2D eigenvalue weighted by molar-refractivity contribution is -0.107. The highest BCUT2D eigenvalue weighted by Crippen LogP contribution is 2.35. The first-order valence-corrected chi connectivity index (χ1v) is 5.09. The van der Waals surface area contributed by atoms with E-state index in [1.54, 1.807) is 0 Å². The maximum absolute atomic E-state index is 11.2. The van der Waals surface area contributed by atoms with Gasteiger partial charge in [-0.15, -0.1) is 12.6 Å². The van der Waals surface area contributed by atoms with E-state index in [9.17, 15) is 4.79 Å². The summed E-state index contributed by atoms with van der Waals surface area (Å²) in [5, 5.41) is 0.676. The molecule has 1 rings (SSSR count). The van der Waals surface area contributed by atoms with Crippen LogP contribution in [0.15, 0.2) is 10.5 Å². The highest BCUT2D eigenvalue weighted by atomic mass is 32.2. The van der Waals surface area contributed by atoms with E-state index in [4.69, 9.17) is 0 Å². The molecule has 1 saturated heterocycles. The zero-order valence-electron chi connectivity index (χ0n) is 6.76. The molecular weight excluding hydrogens is 176 g/mol. The predicted molar refractivity (Wildman–Crippen MR) is 53.0 cm³/mol. The minimum Gasteiger partial charge on any atom is -0.282 e. The lowest BCUT2D eigenvalue weighted by atomic mass is 10.1. The van der Waals surface area contributed by atoms with Crippen LogP contribution in [-0.2, 0) is 4.79 Å². The van der Waals surface area contributed by atoms with Crippen LogP contribution in [0.5, 0.6) is 0 Å². The fourth-order valence-corrected chi connectivity index (χ4v) is 2.35. The van der Waals surface area contributed by atoms with E-state index in [2.05, 4.69) is 19.6 Å². The lowest BCUT2D eigenvalue weighted by Gasteiger charge is -1.98. The van der Waals surface area contributed by atoms with Gasteiger partial charge in [0.1, 0.15) is 0 Å². The zero-order valence-corrected chi connectivity index (χ0v) is 8.47. The molecule has 0 aromatic carbocycles. The molecule has 1 heterocycles. The van der Waals surface area contributed by atoms with Crippen molar-refractivity contribution in [3.8, 4) is 0 Å². The summed E-state index contributed by atoms with van der Waals surface area (Å²) in [6, 6.07) is 0. The summed E-state index contributed by atoms with van der Waals surface area (Å²) in [4.78, 5) is 12.2. The summed E-state index contributed by atoms with van der Waals surface area (Å²) >= 11 is 5.70. The average molecular weight is 188 g/mol. The minimum absolute atomic E-state index is 0.226. The van der Waals surface area contributed by atoms with Crippen molar-refractivity contribution < 1.29 is 4.79 Å². The molecule has 3 heteroatoms. The third kappa shape index (κ3) is 2.03. The molecule has 1 fully saturated rings. The van der Waals surface area contributed by atoms with Crippen LogP contribution in [0.1, 0.15) is 26.7 Å². The number of thioether (sulfide) groups is 1. The van der Waals surface area contributed by atoms with E-state index >= 15 is 0 Å². The van der Waals surface area contributed by atoms with Gasteiger partial charge in [-0.25, -0.2) is 0 Å². The molecule has 0 spiro atoms. The van der Waals surface area contributed by atoms with Gasteiger partial charge in [-0.1, -0.05) is 25.6 Å². The Morgan fingerprint density at radius 2 is 2.45 bits per heavy atom. The molecule has 11 heavy (non-hydrogen) atoms. The molecule has 0 bridgehead atoms. The second-order valence-corrected chi connectivity index (χ2v) is 4.65. The van der Waals surface area contributed by atoms with Crippen LogP contribution in [0.25, 0.3) is 0 Å². The molecule has 1 atom stereocenters.